The van der Waals surface area contributed by atoms with Crippen molar-refractivity contribution in [3.63, 3.8) is 0 Å². The van der Waals surface area contributed by atoms with Crippen LogP contribution in [-0.2, 0) is 9.47 Å². The number of amides is 1. The fraction of sp³-hybridized carbons (Fsp3) is 0.400. The molecule has 0 aliphatic carbocycles. The van der Waals surface area contributed by atoms with Gasteiger partial charge in [0.25, 0.3) is 5.91 Å². The Hall–Kier alpha value is -2.44. The van der Waals surface area contributed by atoms with E-state index in [1.165, 1.54) is 0 Å². The van der Waals surface area contributed by atoms with E-state index in [1.54, 1.807) is 6.20 Å². The summed E-state index contributed by atoms with van der Waals surface area (Å²) in [6.07, 6.45) is 3.40. The van der Waals surface area contributed by atoms with Gasteiger partial charge in [-0.25, -0.2) is 4.98 Å². The normalized spacial score (nSPS) is 18.9. The molecule has 1 spiro atoms. The highest BCUT2D eigenvalue weighted by Crippen LogP contribution is 2.32. The largest absolute Gasteiger partial charge is 0.356 e. The maximum atomic E-state index is 12.3. The molecule has 3 heterocycles. The van der Waals surface area contributed by atoms with E-state index in [0.29, 0.717) is 24.5 Å². The molecule has 0 radical (unpaired) electrons. The molecule has 0 bridgehead atoms. The molecule has 6 nitrogen and oxygen atoms in total. The van der Waals surface area contributed by atoms with Crippen LogP contribution in [0.25, 0.3) is 0 Å². The van der Waals surface area contributed by atoms with E-state index < -0.39 is 0 Å². The van der Waals surface area contributed by atoms with Crippen LogP contribution in [0.15, 0.2) is 42.6 Å². The molecule has 6 heteroatoms. The molecule has 136 valence electrons. The van der Waals surface area contributed by atoms with Crippen molar-refractivity contribution in [1.29, 1.82) is 0 Å². The number of hydrogen-bond donors (Lipinski definition) is 1. The minimum absolute atomic E-state index is 0.130. The Morgan fingerprint density at radius 1 is 1.08 bits per heavy atom. The Morgan fingerprint density at radius 3 is 2.38 bits per heavy atom. The van der Waals surface area contributed by atoms with Crippen molar-refractivity contribution in [3.8, 4) is 0 Å². The lowest BCUT2D eigenvalue weighted by molar-refractivity contribution is -0.169. The molecular formula is C20H23N3O3. The minimum atomic E-state index is -0.377. The first-order chi connectivity index (χ1) is 12.6. The lowest BCUT2D eigenvalue weighted by Crippen LogP contribution is -2.45. The number of benzene rings is 1. The monoisotopic (exact) mass is 353 g/mol. The number of rotatable bonds is 3. The highest BCUT2D eigenvalue weighted by molar-refractivity contribution is 6.04. The van der Waals surface area contributed by atoms with Crippen LogP contribution in [0.3, 0.4) is 0 Å². The maximum Gasteiger partial charge on any atom is 0.255 e. The second-order valence-corrected chi connectivity index (χ2v) is 6.82. The summed E-state index contributed by atoms with van der Waals surface area (Å²) in [5, 5.41) is 2.89. The quantitative estimate of drug-likeness (QED) is 0.919. The van der Waals surface area contributed by atoms with Crippen LogP contribution < -0.4 is 10.2 Å². The summed E-state index contributed by atoms with van der Waals surface area (Å²) in [5.41, 5.74) is 2.46. The molecule has 0 unspecified atom stereocenters. The summed E-state index contributed by atoms with van der Waals surface area (Å²) in [7, 11) is 0. The van der Waals surface area contributed by atoms with Gasteiger partial charge >= 0.3 is 0 Å². The molecule has 1 N–H and O–H groups in total. The summed E-state index contributed by atoms with van der Waals surface area (Å²) in [6.45, 7) is 5.07. The van der Waals surface area contributed by atoms with Gasteiger partial charge in [0.05, 0.1) is 25.1 Å². The number of anilines is 2. The SMILES string of the molecule is Cc1ccc(C(=O)Nc2ccc(N3CCC4(CC3)OCCO4)nc2)cc1. The highest BCUT2D eigenvalue weighted by Gasteiger charge is 2.39. The molecule has 4 rings (SSSR count). The first-order valence-electron chi connectivity index (χ1n) is 9.01. The van der Waals surface area contributed by atoms with Crippen LogP contribution in [0.1, 0.15) is 28.8 Å². The van der Waals surface area contributed by atoms with Gasteiger partial charge in [-0.2, -0.15) is 0 Å². The Morgan fingerprint density at radius 2 is 1.77 bits per heavy atom. The van der Waals surface area contributed by atoms with Crippen LogP contribution >= 0.6 is 0 Å². The van der Waals surface area contributed by atoms with Gasteiger partial charge in [-0.1, -0.05) is 17.7 Å². The van der Waals surface area contributed by atoms with Gasteiger partial charge in [-0.3, -0.25) is 4.79 Å². The average Bonchev–Trinajstić information content (AvgIpc) is 3.12. The lowest BCUT2D eigenvalue weighted by atomic mass is 10.0. The number of aryl methyl sites for hydroxylation is 1. The van der Waals surface area contributed by atoms with Crippen molar-refractivity contribution in [3.05, 3.63) is 53.7 Å². The first-order valence-corrected chi connectivity index (χ1v) is 9.01. The molecule has 1 amide bonds. The zero-order chi connectivity index (χ0) is 18.0. The zero-order valence-electron chi connectivity index (χ0n) is 14.9. The number of nitrogens with one attached hydrogen (secondary N) is 1. The smallest absolute Gasteiger partial charge is 0.255 e. The average molecular weight is 353 g/mol. The van der Waals surface area contributed by atoms with Gasteiger partial charge in [0.15, 0.2) is 5.79 Å². The third kappa shape index (κ3) is 3.57. The van der Waals surface area contributed by atoms with E-state index in [9.17, 15) is 4.79 Å². The summed E-state index contributed by atoms with van der Waals surface area (Å²) < 4.78 is 11.5. The number of pyridine rings is 1. The fourth-order valence-corrected chi connectivity index (χ4v) is 3.42. The fourth-order valence-electron chi connectivity index (χ4n) is 3.42. The third-order valence-electron chi connectivity index (χ3n) is 4.98. The van der Waals surface area contributed by atoms with E-state index in [0.717, 1.165) is 37.3 Å². The van der Waals surface area contributed by atoms with Crippen molar-refractivity contribution >= 4 is 17.4 Å². The van der Waals surface area contributed by atoms with E-state index in [2.05, 4.69) is 15.2 Å². The van der Waals surface area contributed by atoms with Crippen LogP contribution in [0.5, 0.6) is 0 Å². The Labute approximate surface area is 153 Å². The second kappa shape index (κ2) is 7.05. The first kappa shape index (κ1) is 17.0. The molecule has 26 heavy (non-hydrogen) atoms. The molecule has 2 fully saturated rings. The van der Waals surface area contributed by atoms with E-state index in [-0.39, 0.29) is 11.7 Å². The third-order valence-corrected chi connectivity index (χ3v) is 4.98. The van der Waals surface area contributed by atoms with Crippen molar-refractivity contribution in [2.45, 2.75) is 25.6 Å². The second-order valence-electron chi connectivity index (χ2n) is 6.82. The molecule has 0 saturated carbocycles. The Balaban J connectivity index is 1.36. The number of ether oxygens (including phenoxy) is 2. The molecule has 2 aliphatic rings. The van der Waals surface area contributed by atoms with E-state index in [4.69, 9.17) is 9.47 Å². The van der Waals surface area contributed by atoms with Crippen molar-refractivity contribution in [2.24, 2.45) is 0 Å². The minimum Gasteiger partial charge on any atom is -0.356 e. The number of carbonyl (C=O) groups excluding carboxylic acids is 1. The van der Waals surface area contributed by atoms with Crippen LogP contribution in [-0.4, -0.2) is 43.0 Å². The topological polar surface area (TPSA) is 63.7 Å². The number of piperidine rings is 1. The molecule has 1 aromatic carbocycles. The standard InChI is InChI=1S/C20H23N3O3/c1-15-2-4-16(5-3-15)19(24)22-17-6-7-18(21-14-17)23-10-8-20(9-11-23)25-12-13-26-20/h2-7,14H,8-13H2,1H3,(H,22,24). The van der Waals surface area contributed by atoms with Gasteiger partial charge in [0.1, 0.15) is 5.82 Å². The number of hydrogen-bond acceptors (Lipinski definition) is 5. The van der Waals surface area contributed by atoms with Gasteiger partial charge in [0, 0.05) is 31.5 Å². The van der Waals surface area contributed by atoms with Crippen molar-refractivity contribution < 1.29 is 14.3 Å². The number of aromatic nitrogens is 1. The molecule has 1 aromatic heterocycles. The molecule has 2 aliphatic heterocycles. The predicted molar refractivity (Wildman–Crippen MR) is 99.5 cm³/mol. The summed E-state index contributed by atoms with van der Waals surface area (Å²) in [6, 6.07) is 11.3. The maximum absolute atomic E-state index is 12.3. The van der Waals surface area contributed by atoms with Gasteiger partial charge in [-0.05, 0) is 31.2 Å². The van der Waals surface area contributed by atoms with Crippen LogP contribution in [0, 0.1) is 6.92 Å². The Bertz CT molecular complexity index is 758. The van der Waals surface area contributed by atoms with Gasteiger partial charge < -0.3 is 19.7 Å². The lowest BCUT2D eigenvalue weighted by Gasteiger charge is -2.38. The van der Waals surface area contributed by atoms with Gasteiger partial charge in [0.2, 0.25) is 0 Å². The summed E-state index contributed by atoms with van der Waals surface area (Å²) in [4.78, 5) is 19.0. The summed E-state index contributed by atoms with van der Waals surface area (Å²) >= 11 is 0. The highest BCUT2D eigenvalue weighted by atomic mass is 16.7. The molecular weight excluding hydrogens is 330 g/mol. The molecule has 2 aromatic rings. The van der Waals surface area contributed by atoms with Crippen LogP contribution in [0.4, 0.5) is 11.5 Å². The van der Waals surface area contributed by atoms with Gasteiger partial charge in [-0.15, -0.1) is 0 Å². The Kier molecular flexibility index (Phi) is 4.61. The van der Waals surface area contributed by atoms with Crippen LogP contribution in [0.2, 0.25) is 0 Å². The van der Waals surface area contributed by atoms with E-state index in [1.807, 2.05) is 43.3 Å². The number of carbonyl (C=O) groups is 1. The van der Waals surface area contributed by atoms with Crippen molar-refractivity contribution in [1.82, 2.24) is 4.98 Å². The predicted octanol–water partition coefficient (Wildman–Crippen LogP) is 2.99. The van der Waals surface area contributed by atoms with E-state index >= 15 is 0 Å². The van der Waals surface area contributed by atoms with Crippen molar-refractivity contribution in [2.75, 3.05) is 36.5 Å². The number of nitrogens with zero attached hydrogens (tertiary/aromatic N) is 2. The summed E-state index contributed by atoms with van der Waals surface area (Å²) in [5.74, 6) is 0.402. The molecule has 0 atom stereocenters. The molecule has 2 saturated heterocycles. The zero-order valence-corrected chi connectivity index (χ0v) is 14.9.